The molecule has 44 heavy (non-hydrogen) atoms. The van der Waals surface area contributed by atoms with E-state index in [1.807, 2.05) is 0 Å². The van der Waals surface area contributed by atoms with Gasteiger partial charge in [0, 0.05) is 39.6 Å². The van der Waals surface area contributed by atoms with E-state index in [0.29, 0.717) is 6.54 Å². The minimum atomic E-state index is -1.20. The highest BCUT2D eigenvalue weighted by molar-refractivity contribution is 5.79. The molecular weight excluding hydrogens is 572 g/mol. The molecule has 4 N–H and O–H groups in total. The fourth-order valence-corrected chi connectivity index (χ4v) is 4.88. The number of carbonyl (C=O) groups is 5. The van der Waals surface area contributed by atoms with Crippen LogP contribution in [0, 0.1) is 0 Å². The second kappa shape index (κ2) is 27.8. The molecule has 13 nitrogen and oxygen atoms in total. The molecule has 1 amide bonds. The van der Waals surface area contributed by atoms with Gasteiger partial charge in [0.1, 0.15) is 0 Å². The van der Waals surface area contributed by atoms with Crippen molar-refractivity contribution in [2.24, 2.45) is 0 Å². The van der Waals surface area contributed by atoms with E-state index in [-0.39, 0.29) is 38.6 Å². The number of nitrogens with zero attached hydrogens (tertiary/aromatic N) is 3. The number of nitrogens with one attached hydrogen (secondary N) is 1. The van der Waals surface area contributed by atoms with Crippen molar-refractivity contribution >= 4 is 29.8 Å². The normalized spacial score (nSPS) is 11.3. The zero-order valence-electron chi connectivity index (χ0n) is 27.1. The molecule has 256 valence electrons. The molecule has 0 spiro atoms. The van der Waals surface area contributed by atoms with Crippen LogP contribution in [0.1, 0.15) is 110 Å². The van der Waals surface area contributed by atoms with Gasteiger partial charge in [0.15, 0.2) is 0 Å². The third kappa shape index (κ3) is 28.0. The lowest BCUT2D eigenvalue weighted by Gasteiger charge is -2.27. The summed E-state index contributed by atoms with van der Waals surface area (Å²) in [7, 11) is 0. The number of unbranched alkanes of at least 4 members (excludes halogenated alkanes) is 14. The summed E-state index contributed by atoms with van der Waals surface area (Å²) >= 11 is 0. The Morgan fingerprint density at radius 3 is 1.27 bits per heavy atom. The van der Waals surface area contributed by atoms with E-state index in [9.17, 15) is 29.1 Å². The molecule has 0 aromatic rings. The van der Waals surface area contributed by atoms with Gasteiger partial charge in [-0.15, -0.1) is 5.06 Å². The lowest BCUT2D eigenvalue weighted by molar-refractivity contribution is -0.190. The van der Waals surface area contributed by atoms with Crippen molar-refractivity contribution in [2.45, 2.75) is 110 Å². The molecule has 0 rings (SSSR count). The molecule has 0 unspecified atom stereocenters. The first-order chi connectivity index (χ1) is 21.0. The number of carboxylic acid groups (broad SMARTS) is 3. The maximum Gasteiger partial charge on any atom is 0.322 e. The van der Waals surface area contributed by atoms with Crippen LogP contribution in [0.5, 0.6) is 0 Å². The largest absolute Gasteiger partial charge is 0.480 e. The Labute approximate surface area is 263 Å². The number of hydroxylamine groups is 2. The highest BCUT2D eigenvalue weighted by Crippen LogP contribution is 2.13. The number of carboxylic acids is 3. The molecule has 0 heterocycles. The Bertz CT molecular complexity index is 797. The van der Waals surface area contributed by atoms with Gasteiger partial charge in [-0.2, -0.15) is 0 Å². The summed E-state index contributed by atoms with van der Waals surface area (Å²) in [5.41, 5.74) is 0. The van der Waals surface area contributed by atoms with E-state index in [4.69, 9.17) is 15.1 Å². The number of hydrogen-bond donors (Lipinski definition) is 4. The Morgan fingerprint density at radius 1 is 0.545 bits per heavy atom. The fourth-order valence-electron chi connectivity index (χ4n) is 4.88. The van der Waals surface area contributed by atoms with Crippen LogP contribution >= 0.6 is 0 Å². The van der Waals surface area contributed by atoms with Crippen LogP contribution in [0.3, 0.4) is 0 Å². The van der Waals surface area contributed by atoms with Crippen molar-refractivity contribution in [3.8, 4) is 0 Å². The molecule has 0 aromatic carbocycles. The minimum Gasteiger partial charge on any atom is -0.480 e. The van der Waals surface area contributed by atoms with Crippen LogP contribution in [0.4, 0.5) is 0 Å². The predicted octanol–water partition coefficient (Wildman–Crippen LogP) is 3.61. The van der Waals surface area contributed by atoms with Gasteiger partial charge in [-0.3, -0.25) is 33.8 Å². The van der Waals surface area contributed by atoms with Gasteiger partial charge < -0.3 is 25.5 Å². The second-order valence-electron chi connectivity index (χ2n) is 11.4. The number of aliphatic carboxylic acids is 3. The Balaban J connectivity index is 4.29. The summed E-state index contributed by atoms with van der Waals surface area (Å²) in [5, 5.41) is 31.3. The number of rotatable bonds is 31. The van der Waals surface area contributed by atoms with E-state index in [1.54, 1.807) is 0 Å². The third-order valence-corrected chi connectivity index (χ3v) is 7.14. The average Bonchev–Trinajstić information content (AvgIpc) is 2.92. The van der Waals surface area contributed by atoms with E-state index >= 15 is 0 Å². The lowest BCUT2D eigenvalue weighted by Crippen LogP contribution is -2.46. The topological polar surface area (TPSA) is 177 Å². The number of hydrogen-bond acceptors (Lipinski definition) is 9. The third-order valence-electron chi connectivity index (χ3n) is 7.14. The minimum absolute atomic E-state index is 0.00750. The van der Waals surface area contributed by atoms with E-state index < -0.39 is 43.5 Å². The quantitative estimate of drug-likeness (QED) is 0.0647. The van der Waals surface area contributed by atoms with Gasteiger partial charge in [-0.1, -0.05) is 96.8 Å². The van der Waals surface area contributed by atoms with Crippen LogP contribution in [0.2, 0.25) is 0 Å². The van der Waals surface area contributed by atoms with E-state index in [2.05, 4.69) is 12.2 Å². The zero-order chi connectivity index (χ0) is 33.0. The molecule has 0 fully saturated rings. The monoisotopic (exact) mass is 630 g/mol. The molecule has 0 aliphatic carbocycles. The smallest absolute Gasteiger partial charge is 0.322 e. The highest BCUT2D eigenvalue weighted by atomic mass is 16.7. The van der Waals surface area contributed by atoms with Crippen molar-refractivity contribution in [3.05, 3.63) is 0 Å². The summed E-state index contributed by atoms with van der Waals surface area (Å²) in [6.07, 6.45) is 18.9. The van der Waals surface area contributed by atoms with Gasteiger partial charge >= 0.3 is 23.9 Å². The molecule has 0 aliphatic rings. The standard InChI is InChI=1S/C31H58N4O9/c1-3-4-5-6-7-8-9-10-11-12-13-14-15-16-17-18-32-28(37)23-33(24-29(38)39)19-21-35(44-27(2)36)22-20-34(25-30(40)41)26-31(42)43/h3-26H2,1-2H3,(H,32,37)(H,38,39)(H,40,41)(H,42,43). The molecule has 0 aromatic heterocycles. The average molecular weight is 631 g/mol. The first-order valence-corrected chi connectivity index (χ1v) is 16.3. The highest BCUT2D eigenvalue weighted by Gasteiger charge is 2.19. The first kappa shape index (κ1) is 41.2. The Hall–Kier alpha value is -2.77. The van der Waals surface area contributed by atoms with Gasteiger partial charge in [-0.05, 0) is 6.42 Å². The second-order valence-corrected chi connectivity index (χ2v) is 11.4. The van der Waals surface area contributed by atoms with Gasteiger partial charge in [0.05, 0.1) is 26.2 Å². The van der Waals surface area contributed by atoms with Gasteiger partial charge in [-0.25, -0.2) is 0 Å². The van der Waals surface area contributed by atoms with Gasteiger partial charge in [0.25, 0.3) is 0 Å². The van der Waals surface area contributed by atoms with E-state index in [0.717, 1.165) is 19.3 Å². The summed E-state index contributed by atoms with van der Waals surface area (Å²) in [4.78, 5) is 65.1. The SMILES string of the molecule is CCCCCCCCCCCCCCCCCNC(=O)CN(CCN(CCN(CC(=O)O)CC(=O)O)OC(C)=O)CC(=O)O. The van der Waals surface area contributed by atoms with Crippen LogP contribution in [-0.4, -0.2) is 119 Å². The molecule has 0 saturated carbocycles. The van der Waals surface area contributed by atoms with E-state index in [1.165, 1.54) is 98.8 Å². The summed E-state index contributed by atoms with van der Waals surface area (Å²) in [5.74, 6) is -4.46. The lowest BCUT2D eigenvalue weighted by atomic mass is 10.0. The van der Waals surface area contributed by atoms with Gasteiger partial charge in [0.2, 0.25) is 5.91 Å². The number of carbonyl (C=O) groups excluding carboxylic acids is 2. The van der Waals surface area contributed by atoms with Crippen LogP contribution in [0.25, 0.3) is 0 Å². The van der Waals surface area contributed by atoms with Crippen molar-refractivity contribution < 1.29 is 44.1 Å². The van der Waals surface area contributed by atoms with Crippen LogP contribution < -0.4 is 5.32 Å². The first-order valence-electron chi connectivity index (χ1n) is 16.3. The summed E-state index contributed by atoms with van der Waals surface area (Å²) in [6.45, 7) is 2.45. The zero-order valence-corrected chi connectivity index (χ0v) is 27.1. The fraction of sp³-hybridized carbons (Fsp3) is 0.839. The Kier molecular flexibility index (Phi) is 26.0. The molecule has 13 heteroatoms. The van der Waals surface area contributed by atoms with Crippen molar-refractivity contribution in [1.82, 2.24) is 20.2 Å². The maximum absolute atomic E-state index is 12.5. The van der Waals surface area contributed by atoms with Crippen LogP contribution in [0.15, 0.2) is 0 Å². The maximum atomic E-state index is 12.5. The van der Waals surface area contributed by atoms with Crippen molar-refractivity contribution in [2.75, 3.05) is 58.9 Å². The Morgan fingerprint density at radius 2 is 0.909 bits per heavy atom. The summed E-state index contributed by atoms with van der Waals surface area (Å²) in [6, 6.07) is 0. The van der Waals surface area contributed by atoms with Crippen LogP contribution in [-0.2, 0) is 28.8 Å². The van der Waals surface area contributed by atoms with Crippen molar-refractivity contribution in [3.63, 3.8) is 0 Å². The molecule has 0 atom stereocenters. The molecular formula is C31H58N4O9. The number of amides is 1. The summed E-state index contributed by atoms with van der Waals surface area (Å²) < 4.78 is 0. The molecule has 0 saturated heterocycles. The molecule has 0 aliphatic heterocycles. The van der Waals surface area contributed by atoms with Crippen molar-refractivity contribution in [1.29, 1.82) is 0 Å². The molecule has 0 radical (unpaired) electrons. The molecule has 0 bridgehead atoms. The predicted molar refractivity (Wildman–Crippen MR) is 167 cm³/mol.